The van der Waals surface area contributed by atoms with Crippen molar-refractivity contribution in [2.45, 2.75) is 45.9 Å². The van der Waals surface area contributed by atoms with Gasteiger partial charge in [0.1, 0.15) is 11.4 Å². The molecule has 1 aromatic rings. The molecule has 136 valence electrons. The van der Waals surface area contributed by atoms with Gasteiger partial charge in [0, 0.05) is 12.8 Å². The Hall–Kier alpha value is -1.76. The van der Waals surface area contributed by atoms with Crippen molar-refractivity contribution in [3.63, 3.8) is 0 Å². The number of ether oxygens (including phenoxy) is 2. The summed E-state index contributed by atoms with van der Waals surface area (Å²) in [6, 6.07) is 3.45. The Morgan fingerprint density at radius 1 is 1.29 bits per heavy atom. The lowest BCUT2D eigenvalue weighted by Gasteiger charge is -2.28. The molecule has 1 atom stereocenters. The molecule has 0 saturated heterocycles. The van der Waals surface area contributed by atoms with E-state index in [1.807, 2.05) is 13.8 Å². The van der Waals surface area contributed by atoms with E-state index in [2.05, 4.69) is 5.32 Å². The Balaban J connectivity index is 3.09. The average molecular weight is 347 g/mol. The number of carbonyl (C=O) groups is 1. The largest absolute Gasteiger partial charge is 0.493 e. The number of amides is 1. The Morgan fingerprint density at radius 2 is 1.92 bits per heavy atom. The zero-order valence-corrected chi connectivity index (χ0v) is 14.6. The minimum Gasteiger partial charge on any atom is -0.493 e. The second-order valence-electron chi connectivity index (χ2n) is 6.13. The summed E-state index contributed by atoms with van der Waals surface area (Å²) < 4.78 is 49.7. The van der Waals surface area contributed by atoms with E-state index >= 15 is 0 Å². The molecule has 0 aliphatic heterocycles. The number of hydrogen-bond donors (Lipinski definition) is 1. The molecule has 0 aliphatic carbocycles. The van der Waals surface area contributed by atoms with Crippen molar-refractivity contribution in [3.8, 4) is 5.75 Å². The normalized spacial score (nSPS) is 14.4. The Labute approximate surface area is 140 Å². The van der Waals surface area contributed by atoms with Crippen LogP contribution in [0.1, 0.15) is 39.7 Å². The van der Waals surface area contributed by atoms with Crippen LogP contribution in [0.3, 0.4) is 0 Å². The molecule has 1 N–H and O–H groups in total. The maximum atomic E-state index is 13.1. The highest BCUT2D eigenvalue weighted by Crippen LogP contribution is 2.38. The first-order chi connectivity index (χ1) is 11.0. The van der Waals surface area contributed by atoms with Gasteiger partial charge in [-0.25, -0.2) is 0 Å². The molecule has 4 nitrogen and oxygen atoms in total. The first-order valence-corrected chi connectivity index (χ1v) is 7.74. The minimum atomic E-state index is -4.58. The number of nitrogens with one attached hydrogen (secondary N) is 1. The number of carbonyl (C=O) groups excluding carboxylic acids is 1. The van der Waals surface area contributed by atoms with Crippen LogP contribution < -0.4 is 10.1 Å². The molecule has 0 aliphatic rings. The van der Waals surface area contributed by atoms with E-state index in [1.54, 1.807) is 13.8 Å². The topological polar surface area (TPSA) is 47.6 Å². The minimum absolute atomic E-state index is 0.0443. The van der Waals surface area contributed by atoms with Gasteiger partial charge in [0.15, 0.2) is 0 Å². The monoisotopic (exact) mass is 347 g/mol. The predicted octanol–water partition coefficient (Wildman–Crippen LogP) is 4.49. The van der Waals surface area contributed by atoms with Crippen LogP contribution in [0.2, 0.25) is 0 Å². The van der Waals surface area contributed by atoms with E-state index < -0.39 is 23.2 Å². The van der Waals surface area contributed by atoms with Crippen molar-refractivity contribution >= 4 is 11.6 Å². The number of anilines is 1. The molecule has 24 heavy (non-hydrogen) atoms. The van der Waals surface area contributed by atoms with E-state index in [0.29, 0.717) is 6.42 Å². The number of rotatable bonds is 7. The molecule has 0 radical (unpaired) electrons. The van der Waals surface area contributed by atoms with Crippen LogP contribution >= 0.6 is 0 Å². The van der Waals surface area contributed by atoms with E-state index in [4.69, 9.17) is 9.47 Å². The van der Waals surface area contributed by atoms with E-state index in [1.165, 1.54) is 19.2 Å². The molecular weight excluding hydrogens is 323 g/mol. The second-order valence-corrected chi connectivity index (χ2v) is 6.13. The van der Waals surface area contributed by atoms with Gasteiger partial charge in [-0.05, 0) is 44.4 Å². The standard InChI is InChI=1S/C17H24F3NO3/c1-6-24-14-8-7-12(9-13(14)17(18,19)20)21-15(22)16(4,23-5)10-11(2)3/h7-9,11H,6,10H2,1-5H3,(H,21,22)/t16-/m0/s1. The molecule has 0 fully saturated rings. The molecule has 0 unspecified atom stereocenters. The molecule has 0 aromatic heterocycles. The molecule has 1 aromatic carbocycles. The highest BCUT2D eigenvalue weighted by Gasteiger charge is 2.36. The van der Waals surface area contributed by atoms with Crippen LogP contribution in [-0.2, 0) is 15.7 Å². The zero-order chi connectivity index (χ0) is 18.5. The van der Waals surface area contributed by atoms with Gasteiger partial charge in [-0.1, -0.05) is 13.8 Å². The van der Waals surface area contributed by atoms with Crippen LogP contribution in [0.25, 0.3) is 0 Å². The lowest BCUT2D eigenvalue weighted by molar-refractivity contribution is -0.139. The number of hydrogen-bond acceptors (Lipinski definition) is 3. The lowest BCUT2D eigenvalue weighted by atomic mass is 9.93. The fourth-order valence-electron chi connectivity index (χ4n) is 2.42. The summed E-state index contributed by atoms with van der Waals surface area (Å²) in [4.78, 5) is 12.4. The third-order valence-corrected chi connectivity index (χ3v) is 3.57. The number of benzene rings is 1. The molecule has 0 spiro atoms. The Morgan fingerprint density at radius 3 is 2.38 bits per heavy atom. The molecular formula is C17H24F3NO3. The van der Waals surface area contributed by atoms with Gasteiger partial charge in [0.05, 0.1) is 12.2 Å². The van der Waals surface area contributed by atoms with E-state index in [-0.39, 0.29) is 24.0 Å². The second kappa shape index (κ2) is 7.88. The van der Waals surface area contributed by atoms with Crippen molar-refractivity contribution in [3.05, 3.63) is 23.8 Å². The SMILES string of the molecule is CCOc1ccc(NC(=O)[C@](C)(CC(C)C)OC)cc1C(F)(F)F. The van der Waals surface area contributed by atoms with Crippen LogP contribution in [0, 0.1) is 5.92 Å². The number of halogens is 3. The Kier molecular flexibility index (Phi) is 6.66. The summed E-state index contributed by atoms with van der Waals surface area (Å²) >= 11 is 0. The fourth-order valence-corrected chi connectivity index (χ4v) is 2.42. The van der Waals surface area contributed by atoms with Gasteiger partial charge < -0.3 is 14.8 Å². The molecule has 1 amide bonds. The highest BCUT2D eigenvalue weighted by molar-refractivity contribution is 5.97. The van der Waals surface area contributed by atoms with Crippen molar-refractivity contribution in [2.24, 2.45) is 5.92 Å². The van der Waals surface area contributed by atoms with Gasteiger partial charge in [0.25, 0.3) is 5.91 Å². The van der Waals surface area contributed by atoms with E-state index in [9.17, 15) is 18.0 Å². The van der Waals surface area contributed by atoms with Gasteiger partial charge in [0.2, 0.25) is 0 Å². The van der Waals surface area contributed by atoms with Gasteiger partial charge in [-0.2, -0.15) is 13.2 Å². The lowest BCUT2D eigenvalue weighted by Crippen LogP contribution is -2.43. The summed E-state index contributed by atoms with van der Waals surface area (Å²) in [6.07, 6.45) is -4.13. The van der Waals surface area contributed by atoms with Crippen LogP contribution in [0.4, 0.5) is 18.9 Å². The smallest absolute Gasteiger partial charge is 0.420 e. The Bertz CT molecular complexity index is 573. The first-order valence-electron chi connectivity index (χ1n) is 7.74. The zero-order valence-electron chi connectivity index (χ0n) is 14.6. The van der Waals surface area contributed by atoms with Crippen LogP contribution in [-0.4, -0.2) is 25.2 Å². The fraction of sp³-hybridized carbons (Fsp3) is 0.588. The quantitative estimate of drug-likeness (QED) is 0.790. The molecule has 0 bridgehead atoms. The summed E-state index contributed by atoms with van der Waals surface area (Å²) in [5.74, 6) is -0.567. The van der Waals surface area contributed by atoms with Crippen molar-refractivity contribution in [1.82, 2.24) is 0 Å². The predicted molar refractivity (Wildman–Crippen MR) is 86.1 cm³/mol. The number of alkyl halides is 3. The summed E-state index contributed by atoms with van der Waals surface area (Å²) in [5, 5.41) is 2.50. The number of methoxy groups -OCH3 is 1. The maximum absolute atomic E-state index is 13.1. The average Bonchev–Trinajstić information content (AvgIpc) is 2.47. The summed E-state index contributed by atoms with van der Waals surface area (Å²) in [5.41, 5.74) is -2.00. The van der Waals surface area contributed by atoms with Crippen LogP contribution in [0.15, 0.2) is 18.2 Å². The first kappa shape index (κ1) is 20.3. The summed E-state index contributed by atoms with van der Waals surface area (Å²) in [7, 11) is 1.40. The molecule has 7 heteroatoms. The van der Waals surface area contributed by atoms with Gasteiger partial charge >= 0.3 is 6.18 Å². The molecule has 0 saturated carbocycles. The summed E-state index contributed by atoms with van der Waals surface area (Å²) in [6.45, 7) is 7.20. The van der Waals surface area contributed by atoms with E-state index in [0.717, 1.165) is 6.07 Å². The van der Waals surface area contributed by atoms with Crippen molar-refractivity contribution in [1.29, 1.82) is 0 Å². The van der Waals surface area contributed by atoms with Crippen LogP contribution in [0.5, 0.6) is 5.75 Å². The van der Waals surface area contributed by atoms with Crippen molar-refractivity contribution < 1.29 is 27.4 Å². The maximum Gasteiger partial charge on any atom is 0.420 e. The van der Waals surface area contributed by atoms with Crippen molar-refractivity contribution in [2.75, 3.05) is 19.0 Å². The third-order valence-electron chi connectivity index (χ3n) is 3.57. The molecule has 0 heterocycles. The third kappa shape index (κ3) is 5.12. The molecule has 1 rings (SSSR count). The van der Waals surface area contributed by atoms with Gasteiger partial charge in [-0.15, -0.1) is 0 Å². The van der Waals surface area contributed by atoms with Gasteiger partial charge in [-0.3, -0.25) is 4.79 Å². The highest BCUT2D eigenvalue weighted by atomic mass is 19.4.